The highest BCUT2D eigenvalue weighted by Crippen LogP contribution is 2.28. The highest BCUT2D eigenvalue weighted by atomic mass is 16.5. The quantitative estimate of drug-likeness (QED) is 0.362. The molecule has 0 radical (unpaired) electrons. The summed E-state index contributed by atoms with van der Waals surface area (Å²) >= 11 is 0. The Kier molecular flexibility index (Phi) is 6.81. The summed E-state index contributed by atoms with van der Waals surface area (Å²) in [5, 5.41) is 7.45. The Morgan fingerprint density at radius 3 is 2.50 bits per heavy atom. The van der Waals surface area contributed by atoms with E-state index in [9.17, 15) is 0 Å². The van der Waals surface area contributed by atoms with Crippen LogP contribution in [0.5, 0.6) is 17.2 Å². The van der Waals surface area contributed by atoms with Crippen LogP contribution in [0.2, 0.25) is 0 Å². The monoisotopic (exact) mass is 431 g/mol. The molecular formula is C24H25N5O3. The van der Waals surface area contributed by atoms with Crippen LogP contribution in [0.4, 0.5) is 11.8 Å². The average molecular weight is 431 g/mol. The Labute approximate surface area is 186 Å². The molecule has 32 heavy (non-hydrogen) atoms. The standard InChI is InChI=1S/C24H25N5O3/c1-30-20-11-10-17(15-21(20)31-2)16-27-23-19-9-6-12-25-22(19)28-24(29-23)26-13-14-32-18-7-4-3-5-8-18/h3-12,15H,13-14,16H2,1-2H3,(H2,25,26,27,28,29). The normalized spacial score (nSPS) is 10.6. The van der Waals surface area contributed by atoms with E-state index in [1.807, 2.05) is 60.7 Å². The topological polar surface area (TPSA) is 90.4 Å². The van der Waals surface area contributed by atoms with Gasteiger partial charge in [-0.2, -0.15) is 9.97 Å². The number of nitrogens with one attached hydrogen (secondary N) is 2. The fourth-order valence-electron chi connectivity index (χ4n) is 3.20. The van der Waals surface area contributed by atoms with Crippen molar-refractivity contribution in [1.29, 1.82) is 0 Å². The first-order chi connectivity index (χ1) is 15.8. The number of hydrogen-bond acceptors (Lipinski definition) is 8. The Bertz CT molecular complexity index is 1170. The summed E-state index contributed by atoms with van der Waals surface area (Å²) < 4.78 is 16.4. The summed E-state index contributed by atoms with van der Waals surface area (Å²) in [6, 6.07) is 19.3. The van der Waals surface area contributed by atoms with E-state index in [-0.39, 0.29) is 0 Å². The van der Waals surface area contributed by atoms with Gasteiger partial charge in [-0.05, 0) is 42.0 Å². The van der Waals surface area contributed by atoms with Crippen LogP contribution in [0.3, 0.4) is 0 Å². The summed E-state index contributed by atoms with van der Waals surface area (Å²) in [6.45, 7) is 1.60. The molecule has 2 aromatic heterocycles. The van der Waals surface area contributed by atoms with E-state index >= 15 is 0 Å². The lowest BCUT2D eigenvalue weighted by molar-refractivity contribution is 0.332. The zero-order valence-corrected chi connectivity index (χ0v) is 18.0. The highest BCUT2D eigenvalue weighted by Gasteiger charge is 2.10. The Morgan fingerprint density at radius 1 is 0.844 bits per heavy atom. The van der Waals surface area contributed by atoms with Gasteiger partial charge in [0.15, 0.2) is 17.1 Å². The van der Waals surface area contributed by atoms with Gasteiger partial charge in [-0.1, -0.05) is 24.3 Å². The average Bonchev–Trinajstić information content (AvgIpc) is 2.85. The van der Waals surface area contributed by atoms with E-state index < -0.39 is 0 Å². The summed E-state index contributed by atoms with van der Waals surface area (Å²) in [5.41, 5.74) is 1.65. The molecule has 0 bridgehead atoms. The molecule has 0 aliphatic rings. The van der Waals surface area contributed by atoms with Crippen molar-refractivity contribution < 1.29 is 14.2 Å². The number of aromatic nitrogens is 3. The number of ether oxygens (including phenoxy) is 3. The summed E-state index contributed by atoms with van der Waals surface area (Å²) in [7, 11) is 3.24. The van der Waals surface area contributed by atoms with Crippen molar-refractivity contribution >= 4 is 22.8 Å². The van der Waals surface area contributed by atoms with Gasteiger partial charge in [-0.25, -0.2) is 4.98 Å². The molecule has 2 N–H and O–H groups in total. The molecule has 8 heteroatoms. The van der Waals surface area contributed by atoms with E-state index in [0.717, 1.165) is 16.7 Å². The third kappa shape index (κ3) is 5.15. The van der Waals surface area contributed by atoms with Crippen LogP contribution in [-0.4, -0.2) is 42.3 Å². The maximum atomic E-state index is 5.72. The van der Waals surface area contributed by atoms with Crippen LogP contribution in [0, 0.1) is 0 Å². The molecule has 0 aliphatic heterocycles. The third-order valence-corrected chi connectivity index (χ3v) is 4.78. The van der Waals surface area contributed by atoms with Crippen molar-refractivity contribution in [3.63, 3.8) is 0 Å². The Morgan fingerprint density at radius 2 is 1.69 bits per heavy atom. The number of methoxy groups -OCH3 is 2. The first-order valence-electron chi connectivity index (χ1n) is 10.3. The van der Waals surface area contributed by atoms with Crippen LogP contribution in [-0.2, 0) is 6.54 Å². The molecule has 0 unspecified atom stereocenters. The van der Waals surface area contributed by atoms with E-state index in [1.165, 1.54) is 0 Å². The van der Waals surface area contributed by atoms with E-state index in [2.05, 4.69) is 25.6 Å². The number of para-hydroxylation sites is 1. The fourth-order valence-corrected chi connectivity index (χ4v) is 3.20. The van der Waals surface area contributed by atoms with E-state index in [1.54, 1.807) is 20.4 Å². The number of anilines is 2. The summed E-state index contributed by atoms with van der Waals surface area (Å²) in [4.78, 5) is 13.6. The van der Waals surface area contributed by atoms with Gasteiger partial charge in [0.2, 0.25) is 5.95 Å². The van der Waals surface area contributed by atoms with E-state index in [4.69, 9.17) is 14.2 Å². The van der Waals surface area contributed by atoms with E-state index in [0.29, 0.717) is 48.6 Å². The molecule has 0 saturated heterocycles. The number of nitrogens with zero attached hydrogens (tertiary/aromatic N) is 3. The van der Waals surface area contributed by atoms with Gasteiger partial charge in [0.05, 0.1) is 26.2 Å². The summed E-state index contributed by atoms with van der Waals surface area (Å²) in [6.07, 6.45) is 1.72. The summed E-state index contributed by atoms with van der Waals surface area (Å²) in [5.74, 6) is 3.39. The maximum Gasteiger partial charge on any atom is 0.226 e. The van der Waals surface area contributed by atoms with Crippen LogP contribution < -0.4 is 24.8 Å². The molecule has 8 nitrogen and oxygen atoms in total. The number of pyridine rings is 1. The largest absolute Gasteiger partial charge is 0.493 e. The van der Waals surface area contributed by atoms with Gasteiger partial charge in [0.25, 0.3) is 0 Å². The van der Waals surface area contributed by atoms with Gasteiger partial charge in [-0.15, -0.1) is 0 Å². The van der Waals surface area contributed by atoms with Crippen molar-refractivity contribution in [3.8, 4) is 17.2 Å². The third-order valence-electron chi connectivity index (χ3n) is 4.78. The zero-order valence-electron chi connectivity index (χ0n) is 18.0. The lowest BCUT2D eigenvalue weighted by Crippen LogP contribution is -2.14. The van der Waals surface area contributed by atoms with Crippen LogP contribution in [0.25, 0.3) is 11.0 Å². The molecule has 0 saturated carbocycles. The maximum absolute atomic E-state index is 5.72. The molecule has 0 amide bonds. The highest BCUT2D eigenvalue weighted by molar-refractivity contribution is 5.87. The second-order valence-electron chi connectivity index (χ2n) is 6.90. The fraction of sp³-hybridized carbons (Fsp3) is 0.208. The second-order valence-corrected chi connectivity index (χ2v) is 6.90. The smallest absolute Gasteiger partial charge is 0.226 e. The van der Waals surface area contributed by atoms with Crippen molar-refractivity contribution in [1.82, 2.24) is 15.0 Å². The van der Waals surface area contributed by atoms with Gasteiger partial charge in [0, 0.05) is 12.7 Å². The predicted octanol–water partition coefficient (Wildman–Crippen LogP) is 4.15. The van der Waals surface area contributed by atoms with Crippen molar-refractivity contribution in [2.45, 2.75) is 6.54 Å². The minimum Gasteiger partial charge on any atom is -0.493 e. The molecule has 0 atom stereocenters. The number of benzene rings is 2. The molecule has 4 rings (SSSR count). The first kappa shape index (κ1) is 21.2. The first-order valence-corrected chi connectivity index (χ1v) is 10.3. The van der Waals surface area contributed by atoms with Crippen molar-refractivity contribution in [2.75, 3.05) is 38.0 Å². The van der Waals surface area contributed by atoms with Crippen LogP contribution >= 0.6 is 0 Å². The molecular weight excluding hydrogens is 406 g/mol. The molecule has 0 spiro atoms. The predicted molar refractivity (Wildman–Crippen MR) is 125 cm³/mol. The molecule has 4 aromatic rings. The van der Waals surface area contributed by atoms with Gasteiger partial charge in [0.1, 0.15) is 18.2 Å². The number of rotatable bonds is 10. The number of fused-ring (bicyclic) bond motifs is 1. The lowest BCUT2D eigenvalue weighted by Gasteiger charge is -2.13. The second kappa shape index (κ2) is 10.3. The lowest BCUT2D eigenvalue weighted by atomic mass is 10.2. The van der Waals surface area contributed by atoms with Gasteiger partial charge >= 0.3 is 0 Å². The zero-order chi connectivity index (χ0) is 22.2. The molecule has 164 valence electrons. The molecule has 2 aromatic carbocycles. The minimum atomic E-state index is 0.488. The number of hydrogen-bond donors (Lipinski definition) is 2. The van der Waals surface area contributed by atoms with Crippen LogP contribution in [0.15, 0.2) is 66.9 Å². The molecule has 0 aliphatic carbocycles. The van der Waals surface area contributed by atoms with Crippen LogP contribution in [0.1, 0.15) is 5.56 Å². The SMILES string of the molecule is COc1ccc(CNc2nc(NCCOc3ccccc3)nc3ncccc23)cc1OC. The molecule has 2 heterocycles. The Balaban J connectivity index is 1.46. The van der Waals surface area contributed by atoms with Crippen molar-refractivity contribution in [3.05, 3.63) is 72.4 Å². The molecule has 0 fully saturated rings. The van der Waals surface area contributed by atoms with Crippen molar-refractivity contribution in [2.24, 2.45) is 0 Å². The Hall–Kier alpha value is -4.07. The minimum absolute atomic E-state index is 0.488. The van der Waals surface area contributed by atoms with Gasteiger partial charge < -0.3 is 24.8 Å². The van der Waals surface area contributed by atoms with Gasteiger partial charge in [-0.3, -0.25) is 0 Å².